The smallest absolute Gasteiger partial charge is 0.224 e. The fourth-order valence-electron chi connectivity index (χ4n) is 3.92. The monoisotopic (exact) mass is 354 g/mol. The topological polar surface area (TPSA) is 68.1 Å². The zero-order chi connectivity index (χ0) is 18.7. The SMILES string of the molecule is CC(=O)c1c(C)nn(CCC(=O)N2CCCCC2c2cccnc2)c1C. The van der Waals surface area contributed by atoms with Crippen LogP contribution in [0.1, 0.15) is 66.0 Å². The summed E-state index contributed by atoms with van der Waals surface area (Å²) in [5, 5.41) is 4.44. The highest BCUT2D eigenvalue weighted by Crippen LogP contribution is 2.31. The maximum absolute atomic E-state index is 12.9. The summed E-state index contributed by atoms with van der Waals surface area (Å²) in [6, 6.07) is 4.08. The molecule has 1 saturated heterocycles. The van der Waals surface area contributed by atoms with Gasteiger partial charge in [-0.1, -0.05) is 6.07 Å². The van der Waals surface area contributed by atoms with Gasteiger partial charge in [-0.15, -0.1) is 0 Å². The maximum Gasteiger partial charge on any atom is 0.224 e. The summed E-state index contributed by atoms with van der Waals surface area (Å²) in [6.45, 7) is 6.56. The average Bonchev–Trinajstić information content (AvgIpc) is 2.94. The van der Waals surface area contributed by atoms with Crippen LogP contribution in [-0.4, -0.2) is 37.9 Å². The lowest BCUT2D eigenvalue weighted by molar-refractivity contribution is -0.135. The second kappa shape index (κ2) is 7.81. The highest BCUT2D eigenvalue weighted by atomic mass is 16.2. The molecule has 1 fully saturated rings. The number of likely N-dealkylation sites (tertiary alicyclic amines) is 1. The number of aryl methyl sites for hydroxylation is 2. The van der Waals surface area contributed by atoms with Gasteiger partial charge in [-0.2, -0.15) is 5.10 Å². The molecule has 0 aliphatic carbocycles. The second-order valence-electron chi connectivity index (χ2n) is 6.96. The maximum atomic E-state index is 12.9. The molecule has 26 heavy (non-hydrogen) atoms. The van der Waals surface area contributed by atoms with Gasteiger partial charge in [-0.25, -0.2) is 0 Å². The lowest BCUT2D eigenvalue weighted by Crippen LogP contribution is -2.39. The van der Waals surface area contributed by atoms with Crippen molar-refractivity contribution in [3.8, 4) is 0 Å². The third-order valence-electron chi connectivity index (χ3n) is 5.16. The summed E-state index contributed by atoms with van der Waals surface area (Å²) in [4.78, 5) is 30.8. The summed E-state index contributed by atoms with van der Waals surface area (Å²) in [5.74, 6) is 0.153. The van der Waals surface area contributed by atoms with Gasteiger partial charge in [-0.05, 0) is 51.7 Å². The number of carbonyl (C=O) groups excluding carboxylic acids is 2. The standard InChI is InChI=1S/C20H26N4O2/c1-14-20(16(3)25)15(2)24(22-14)12-9-19(26)23-11-5-4-8-18(23)17-7-6-10-21-13-17/h6-7,10,13,18H,4-5,8-9,11-12H2,1-3H3. The first-order valence-corrected chi connectivity index (χ1v) is 9.23. The first-order chi connectivity index (χ1) is 12.5. The van der Waals surface area contributed by atoms with Crippen molar-refractivity contribution in [1.82, 2.24) is 19.7 Å². The molecule has 1 unspecified atom stereocenters. The van der Waals surface area contributed by atoms with Gasteiger partial charge in [0, 0.05) is 37.6 Å². The van der Waals surface area contributed by atoms with Gasteiger partial charge < -0.3 is 4.90 Å². The lowest BCUT2D eigenvalue weighted by atomic mass is 9.96. The largest absolute Gasteiger partial charge is 0.336 e. The van der Waals surface area contributed by atoms with Gasteiger partial charge in [0.15, 0.2) is 5.78 Å². The number of aromatic nitrogens is 3. The third-order valence-corrected chi connectivity index (χ3v) is 5.16. The van der Waals surface area contributed by atoms with Crippen LogP contribution in [0.3, 0.4) is 0 Å². The molecule has 2 aromatic heterocycles. The Balaban J connectivity index is 1.71. The van der Waals surface area contributed by atoms with Gasteiger partial charge in [0.25, 0.3) is 0 Å². The Morgan fingerprint density at radius 1 is 1.27 bits per heavy atom. The Bertz CT molecular complexity index is 798. The van der Waals surface area contributed by atoms with Crippen LogP contribution in [0.4, 0.5) is 0 Å². The van der Waals surface area contributed by atoms with Crippen molar-refractivity contribution >= 4 is 11.7 Å². The van der Waals surface area contributed by atoms with E-state index in [2.05, 4.69) is 10.1 Å². The molecule has 6 heteroatoms. The number of hydrogen-bond acceptors (Lipinski definition) is 4. The van der Waals surface area contributed by atoms with E-state index < -0.39 is 0 Å². The Labute approximate surface area is 154 Å². The number of pyridine rings is 1. The number of rotatable bonds is 5. The number of nitrogens with zero attached hydrogens (tertiary/aromatic N) is 4. The van der Waals surface area contributed by atoms with Crippen molar-refractivity contribution in [3.63, 3.8) is 0 Å². The minimum atomic E-state index is 0.0187. The molecule has 1 amide bonds. The number of piperidine rings is 1. The van der Waals surface area contributed by atoms with E-state index in [0.29, 0.717) is 18.5 Å². The fourth-order valence-corrected chi connectivity index (χ4v) is 3.92. The molecule has 1 aliphatic rings. The molecule has 138 valence electrons. The van der Waals surface area contributed by atoms with Crippen LogP contribution >= 0.6 is 0 Å². The van der Waals surface area contributed by atoms with Crippen LogP contribution in [0.5, 0.6) is 0 Å². The molecule has 0 aromatic carbocycles. The minimum absolute atomic E-state index is 0.0187. The van der Waals surface area contributed by atoms with Crippen molar-refractivity contribution in [2.45, 2.75) is 59.0 Å². The van der Waals surface area contributed by atoms with Crippen LogP contribution in [0.2, 0.25) is 0 Å². The van der Waals surface area contributed by atoms with E-state index in [4.69, 9.17) is 0 Å². The highest BCUT2D eigenvalue weighted by Gasteiger charge is 2.28. The highest BCUT2D eigenvalue weighted by molar-refractivity contribution is 5.96. The molecule has 1 aliphatic heterocycles. The van der Waals surface area contributed by atoms with Gasteiger partial charge in [0.1, 0.15) is 0 Å². The number of ketones is 1. The number of carbonyl (C=O) groups is 2. The number of Topliss-reactive ketones (excluding diaryl/α,β-unsaturated/α-hetero) is 1. The first kappa shape index (κ1) is 18.3. The fraction of sp³-hybridized carbons (Fsp3) is 0.500. The van der Waals surface area contributed by atoms with Gasteiger partial charge in [-0.3, -0.25) is 19.3 Å². The van der Waals surface area contributed by atoms with E-state index in [9.17, 15) is 9.59 Å². The van der Waals surface area contributed by atoms with Crippen LogP contribution in [0, 0.1) is 13.8 Å². The van der Waals surface area contributed by atoms with E-state index >= 15 is 0 Å². The summed E-state index contributed by atoms with van der Waals surface area (Å²) < 4.78 is 1.78. The Hall–Kier alpha value is -2.50. The minimum Gasteiger partial charge on any atom is -0.336 e. The summed E-state index contributed by atoms with van der Waals surface area (Å²) in [7, 11) is 0. The number of amides is 1. The molecule has 0 spiro atoms. The Morgan fingerprint density at radius 3 is 2.73 bits per heavy atom. The quantitative estimate of drug-likeness (QED) is 0.773. The van der Waals surface area contributed by atoms with E-state index in [1.165, 1.54) is 0 Å². The molecule has 0 bridgehead atoms. The average molecular weight is 354 g/mol. The van der Waals surface area contributed by atoms with Crippen molar-refractivity contribution in [2.24, 2.45) is 0 Å². The second-order valence-corrected chi connectivity index (χ2v) is 6.96. The lowest BCUT2D eigenvalue weighted by Gasteiger charge is -2.36. The summed E-state index contributed by atoms with van der Waals surface area (Å²) in [6.07, 6.45) is 7.14. The Morgan fingerprint density at radius 2 is 2.08 bits per heavy atom. The molecule has 3 rings (SSSR count). The van der Waals surface area contributed by atoms with Gasteiger partial charge in [0.2, 0.25) is 5.91 Å². The van der Waals surface area contributed by atoms with E-state index in [1.807, 2.05) is 37.1 Å². The van der Waals surface area contributed by atoms with Crippen LogP contribution in [0.15, 0.2) is 24.5 Å². The molecule has 6 nitrogen and oxygen atoms in total. The van der Waals surface area contributed by atoms with Gasteiger partial charge in [0.05, 0.1) is 17.3 Å². The molecule has 0 saturated carbocycles. The van der Waals surface area contributed by atoms with Crippen LogP contribution in [0.25, 0.3) is 0 Å². The van der Waals surface area contributed by atoms with Gasteiger partial charge >= 0.3 is 0 Å². The van der Waals surface area contributed by atoms with E-state index in [0.717, 1.165) is 42.8 Å². The molecule has 0 radical (unpaired) electrons. The van der Waals surface area contributed by atoms with Crippen molar-refractivity contribution in [2.75, 3.05) is 6.54 Å². The zero-order valence-corrected chi connectivity index (χ0v) is 15.7. The first-order valence-electron chi connectivity index (χ1n) is 9.23. The molecule has 0 N–H and O–H groups in total. The molecular weight excluding hydrogens is 328 g/mol. The van der Waals surface area contributed by atoms with Crippen molar-refractivity contribution in [3.05, 3.63) is 47.0 Å². The summed E-state index contributed by atoms with van der Waals surface area (Å²) >= 11 is 0. The van der Waals surface area contributed by atoms with Crippen molar-refractivity contribution < 1.29 is 9.59 Å². The predicted octanol–water partition coefficient (Wildman–Crippen LogP) is 3.24. The molecule has 1 atom stereocenters. The molecule has 3 heterocycles. The van der Waals surface area contributed by atoms with E-state index in [-0.39, 0.29) is 17.7 Å². The van der Waals surface area contributed by atoms with Crippen molar-refractivity contribution in [1.29, 1.82) is 0 Å². The predicted molar refractivity (Wildman–Crippen MR) is 98.9 cm³/mol. The van der Waals surface area contributed by atoms with Crippen LogP contribution in [-0.2, 0) is 11.3 Å². The molecular formula is C20H26N4O2. The number of hydrogen-bond donors (Lipinski definition) is 0. The molecule has 2 aromatic rings. The zero-order valence-electron chi connectivity index (χ0n) is 15.7. The third kappa shape index (κ3) is 3.69. The van der Waals surface area contributed by atoms with E-state index in [1.54, 1.807) is 17.8 Å². The normalized spacial score (nSPS) is 17.3. The van der Waals surface area contributed by atoms with Crippen LogP contribution < -0.4 is 0 Å². The summed E-state index contributed by atoms with van der Waals surface area (Å²) in [5.41, 5.74) is 3.34. The Kier molecular flexibility index (Phi) is 5.49.